The van der Waals surface area contributed by atoms with Crippen LogP contribution in [0.3, 0.4) is 0 Å². The van der Waals surface area contributed by atoms with Crippen LogP contribution < -0.4 is 10.1 Å². The van der Waals surface area contributed by atoms with Crippen LogP contribution >= 0.6 is 0 Å². The largest absolute Gasteiger partial charge is 0.484 e. The number of rotatable bonds is 6. The van der Waals surface area contributed by atoms with E-state index in [1.165, 1.54) is 0 Å². The van der Waals surface area contributed by atoms with E-state index in [0.29, 0.717) is 6.07 Å². The molecule has 0 fully saturated rings. The van der Waals surface area contributed by atoms with Gasteiger partial charge in [-0.1, -0.05) is 0 Å². The molecular weight excluding hydrogens is 358 g/mol. The topological polar surface area (TPSA) is 128 Å². The third-order valence-corrected chi connectivity index (χ3v) is 2.96. The van der Waals surface area contributed by atoms with Crippen molar-refractivity contribution in [1.82, 2.24) is 5.32 Å². The molecule has 0 saturated carbocycles. The highest BCUT2D eigenvalue weighted by Crippen LogP contribution is 2.35. The van der Waals surface area contributed by atoms with Gasteiger partial charge in [-0.3, -0.25) is 10.1 Å². The van der Waals surface area contributed by atoms with Gasteiger partial charge in [0.05, 0.1) is 4.92 Å². The Morgan fingerprint density at radius 2 is 1.92 bits per heavy atom. The molecule has 1 amide bonds. The fourth-order valence-electron chi connectivity index (χ4n) is 1.82. The molecule has 1 atom stereocenters. The quantitative estimate of drug-likeness (QED) is 0.577. The Kier molecular flexibility index (Phi) is 6.43. The number of nitro benzene ring substituents is 1. The summed E-state index contributed by atoms with van der Waals surface area (Å²) in [6.07, 6.45) is -1.06. The van der Waals surface area contributed by atoms with Crippen molar-refractivity contribution in [3.8, 4) is 5.75 Å². The Morgan fingerprint density at radius 3 is 2.38 bits per heavy atom. The Bertz CT molecular complexity index is 732. The van der Waals surface area contributed by atoms with Gasteiger partial charge in [-0.2, -0.15) is 4.39 Å². The minimum Gasteiger partial charge on any atom is -0.484 e. The number of amides is 1. The molecule has 9 nitrogen and oxygen atoms in total. The predicted molar refractivity (Wildman–Crippen MR) is 84.0 cm³/mol. The monoisotopic (exact) mass is 376 g/mol. The molecule has 0 bridgehead atoms. The lowest BCUT2D eigenvalue weighted by Gasteiger charge is -2.22. The zero-order valence-corrected chi connectivity index (χ0v) is 14.5. The zero-order chi connectivity index (χ0) is 20.2. The number of nitro groups is 1. The molecule has 2 N–H and O–H groups in total. The van der Waals surface area contributed by atoms with E-state index in [1.54, 1.807) is 20.8 Å². The molecule has 144 valence electrons. The fraction of sp³-hybridized carbons (Fsp3) is 0.467. The number of nitrogens with one attached hydrogen (secondary N) is 1. The number of carboxylic acids is 1. The van der Waals surface area contributed by atoms with Crippen molar-refractivity contribution in [1.29, 1.82) is 0 Å². The highest BCUT2D eigenvalue weighted by atomic mass is 19.1. The zero-order valence-electron chi connectivity index (χ0n) is 14.5. The maximum atomic E-state index is 13.7. The van der Waals surface area contributed by atoms with E-state index in [9.17, 15) is 28.5 Å². The Balaban J connectivity index is 3.02. The number of benzene rings is 1. The highest BCUT2D eigenvalue weighted by molar-refractivity contribution is 5.80. The van der Waals surface area contributed by atoms with Gasteiger partial charge in [-0.15, -0.1) is 0 Å². The van der Waals surface area contributed by atoms with E-state index < -0.39 is 58.3 Å². The SMILES string of the molecule is Cc1c(F)cc(F)c([N+](=O)[O-])c1OCC(NC(=O)OC(C)(C)C)C(=O)O. The third-order valence-electron chi connectivity index (χ3n) is 2.96. The first-order valence-electron chi connectivity index (χ1n) is 7.31. The maximum absolute atomic E-state index is 13.7. The molecule has 0 heterocycles. The summed E-state index contributed by atoms with van der Waals surface area (Å²) in [4.78, 5) is 32.7. The number of alkyl carbamates (subject to hydrolysis) is 1. The third kappa shape index (κ3) is 5.53. The maximum Gasteiger partial charge on any atom is 0.408 e. The molecule has 0 radical (unpaired) electrons. The van der Waals surface area contributed by atoms with E-state index in [-0.39, 0.29) is 5.56 Å². The number of nitrogens with zero attached hydrogens (tertiary/aromatic N) is 1. The van der Waals surface area contributed by atoms with Crippen molar-refractivity contribution in [2.24, 2.45) is 0 Å². The highest BCUT2D eigenvalue weighted by Gasteiger charge is 2.30. The summed E-state index contributed by atoms with van der Waals surface area (Å²) >= 11 is 0. The summed E-state index contributed by atoms with van der Waals surface area (Å²) < 4.78 is 37.1. The first-order valence-corrected chi connectivity index (χ1v) is 7.31. The Labute approximate surface area is 147 Å². The van der Waals surface area contributed by atoms with Crippen LogP contribution in [0.5, 0.6) is 5.75 Å². The number of carbonyl (C=O) groups is 2. The number of aliphatic carboxylic acids is 1. The lowest BCUT2D eigenvalue weighted by atomic mass is 10.1. The fourth-order valence-corrected chi connectivity index (χ4v) is 1.82. The average molecular weight is 376 g/mol. The predicted octanol–water partition coefficient (Wildman–Crippen LogP) is 2.54. The molecule has 11 heteroatoms. The summed E-state index contributed by atoms with van der Waals surface area (Å²) in [6.45, 7) is 4.95. The lowest BCUT2D eigenvalue weighted by Crippen LogP contribution is -2.46. The molecule has 0 aliphatic rings. The van der Waals surface area contributed by atoms with Crippen LogP contribution in [0.1, 0.15) is 26.3 Å². The molecule has 1 aromatic carbocycles. The van der Waals surface area contributed by atoms with E-state index in [1.807, 2.05) is 5.32 Å². The van der Waals surface area contributed by atoms with Crippen LogP contribution in [0.25, 0.3) is 0 Å². The first-order chi connectivity index (χ1) is 11.8. The van der Waals surface area contributed by atoms with Crippen molar-refractivity contribution in [3.05, 3.63) is 33.4 Å². The van der Waals surface area contributed by atoms with Crippen molar-refractivity contribution in [2.75, 3.05) is 6.61 Å². The van der Waals surface area contributed by atoms with Gasteiger partial charge in [0.1, 0.15) is 18.0 Å². The number of ether oxygens (including phenoxy) is 2. The van der Waals surface area contributed by atoms with E-state index in [4.69, 9.17) is 14.6 Å². The molecule has 0 aliphatic carbocycles. The molecule has 1 rings (SSSR count). The second-order valence-corrected chi connectivity index (χ2v) is 6.25. The summed E-state index contributed by atoms with van der Waals surface area (Å²) in [5, 5.41) is 22.1. The molecule has 1 unspecified atom stereocenters. The number of carbonyl (C=O) groups excluding carboxylic acids is 1. The van der Waals surface area contributed by atoms with Gasteiger partial charge in [0.2, 0.25) is 11.6 Å². The van der Waals surface area contributed by atoms with Gasteiger partial charge >= 0.3 is 17.7 Å². The van der Waals surface area contributed by atoms with Gasteiger partial charge in [0, 0.05) is 11.6 Å². The molecule has 0 aromatic heterocycles. The number of hydrogen-bond acceptors (Lipinski definition) is 6. The van der Waals surface area contributed by atoms with E-state index in [2.05, 4.69) is 0 Å². The average Bonchev–Trinajstić information content (AvgIpc) is 2.45. The van der Waals surface area contributed by atoms with Crippen molar-refractivity contribution in [3.63, 3.8) is 0 Å². The minimum absolute atomic E-state index is 0.327. The minimum atomic E-state index is -1.67. The summed E-state index contributed by atoms with van der Waals surface area (Å²) in [5.74, 6) is -4.87. The van der Waals surface area contributed by atoms with Crippen LogP contribution in [-0.4, -0.2) is 40.3 Å². The molecule has 0 saturated heterocycles. The molecule has 26 heavy (non-hydrogen) atoms. The van der Waals surface area contributed by atoms with Crippen LogP contribution in [-0.2, 0) is 9.53 Å². The van der Waals surface area contributed by atoms with Crippen LogP contribution in [0, 0.1) is 28.7 Å². The van der Waals surface area contributed by atoms with Gasteiger partial charge in [0.15, 0.2) is 6.04 Å². The number of carboxylic acid groups (broad SMARTS) is 1. The van der Waals surface area contributed by atoms with Crippen LogP contribution in [0.4, 0.5) is 19.3 Å². The lowest BCUT2D eigenvalue weighted by molar-refractivity contribution is -0.388. The van der Waals surface area contributed by atoms with Crippen molar-refractivity contribution >= 4 is 17.7 Å². The summed E-state index contributed by atoms with van der Waals surface area (Å²) in [5.41, 5.74) is -2.40. The van der Waals surface area contributed by atoms with Crippen LogP contribution in [0.15, 0.2) is 6.07 Å². The second-order valence-electron chi connectivity index (χ2n) is 6.25. The standard InChI is InChI=1S/C15H18F2N2O7/c1-7-8(16)5-9(17)11(19(23)24)12(7)25-6-10(13(20)21)18-14(22)26-15(2,3)4/h5,10H,6H2,1-4H3,(H,18,22)(H,20,21). The smallest absolute Gasteiger partial charge is 0.408 e. The van der Waals surface area contributed by atoms with Gasteiger partial charge in [-0.05, 0) is 27.7 Å². The normalized spacial score (nSPS) is 12.2. The van der Waals surface area contributed by atoms with Crippen molar-refractivity contribution < 1.29 is 37.9 Å². The van der Waals surface area contributed by atoms with Gasteiger partial charge in [-0.25, -0.2) is 14.0 Å². The Morgan fingerprint density at radius 1 is 1.35 bits per heavy atom. The van der Waals surface area contributed by atoms with Gasteiger partial charge < -0.3 is 19.9 Å². The molecule has 0 aliphatic heterocycles. The first kappa shape index (κ1) is 21.1. The second kappa shape index (κ2) is 7.93. The van der Waals surface area contributed by atoms with Crippen LogP contribution in [0.2, 0.25) is 0 Å². The van der Waals surface area contributed by atoms with E-state index in [0.717, 1.165) is 6.92 Å². The Hall–Kier alpha value is -2.98. The molecular formula is C15H18F2N2O7. The molecule has 1 aromatic rings. The van der Waals surface area contributed by atoms with E-state index >= 15 is 0 Å². The van der Waals surface area contributed by atoms with Crippen molar-refractivity contribution in [2.45, 2.75) is 39.3 Å². The molecule has 0 spiro atoms. The summed E-state index contributed by atoms with van der Waals surface area (Å²) in [6, 6.07) is -1.34. The number of halogens is 2. The van der Waals surface area contributed by atoms with Gasteiger partial charge in [0.25, 0.3) is 0 Å². The number of hydrogen-bond donors (Lipinski definition) is 2. The summed E-state index contributed by atoms with van der Waals surface area (Å²) in [7, 11) is 0.